The predicted octanol–water partition coefficient (Wildman–Crippen LogP) is 3.31. The van der Waals surface area contributed by atoms with Crippen molar-refractivity contribution in [3.63, 3.8) is 0 Å². The molecular formula is C23H21NO3PS+. The number of esters is 1. The highest BCUT2D eigenvalue weighted by atomic mass is 32.2. The maximum atomic E-state index is 12.7. The van der Waals surface area contributed by atoms with Crippen molar-refractivity contribution < 1.29 is 14.3 Å². The topological polar surface area (TPSA) is 55.4 Å². The number of rotatable bonds is 6. The fraction of sp³-hybridized carbons (Fsp3) is 0.130. The molecule has 0 spiro atoms. The molecule has 1 atom stereocenters. The maximum Gasteiger partial charge on any atom is 0.332 e. The molecule has 0 aromatic heterocycles. The van der Waals surface area contributed by atoms with Gasteiger partial charge in [0.2, 0.25) is 6.35 Å². The molecule has 0 aliphatic carbocycles. The molecular weight excluding hydrogens is 401 g/mol. The van der Waals surface area contributed by atoms with Crippen LogP contribution in [0.1, 0.15) is 0 Å². The monoisotopic (exact) mass is 422 g/mol. The first kappa shape index (κ1) is 19.7. The van der Waals surface area contributed by atoms with Crippen LogP contribution in [0.2, 0.25) is 0 Å². The fourth-order valence-electron chi connectivity index (χ4n) is 3.49. The Labute approximate surface area is 175 Å². The van der Waals surface area contributed by atoms with Gasteiger partial charge in [-0.1, -0.05) is 66.4 Å². The first-order valence-electron chi connectivity index (χ1n) is 9.35. The minimum atomic E-state index is -2.23. The lowest BCUT2D eigenvalue weighted by atomic mass is 10.3. The molecule has 1 fully saturated rings. The Morgan fingerprint density at radius 2 is 1.31 bits per heavy atom. The second-order valence-corrected chi connectivity index (χ2v) is 11.1. The number of carbonyl (C=O) groups excluding carboxylic acids is 2. The zero-order chi connectivity index (χ0) is 20.1. The van der Waals surface area contributed by atoms with Crippen molar-refractivity contribution in [2.24, 2.45) is 0 Å². The average Bonchev–Trinajstić information content (AvgIpc) is 3.23. The van der Waals surface area contributed by atoms with Crippen LogP contribution in [-0.2, 0) is 9.53 Å². The Hall–Kier alpha value is -2.62. The van der Waals surface area contributed by atoms with Crippen LogP contribution in [-0.4, -0.2) is 29.4 Å². The quantitative estimate of drug-likeness (QED) is 0.489. The summed E-state index contributed by atoms with van der Waals surface area (Å²) in [4.78, 5) is 24.2. The predicted molar refractivity (Wildman–Crippen MR) is 121 cm³/mol. The van der Waals surface area contributed by atoms with E-state index in [4.69, 9.17) is 4.74 Å². The molecule has 1 saturated heterocycles. The number of benzene rings is 3. The first-order chi connectivity index (χ1) is 14.2. The number of hydrogen-bond acceptors (Lipinski definition) is 4. The molecule has 3 aromatic rings. The number of ether oxygens (including phenoxy) is 1. The SMILES string of the molecule is O=C1N[C@H](C(=O)OC[P+](c2ccccc2)(c2ccccc2)c2ccccc2)CS1. The zero-order valence-electron chi connectivity index (χ0n) is 15.7. The summed E-state index contributed by atoms with van der Waals surface area (Å²) in [5.41, 5.74) is 0. The molecule has 0 radical (unpaired) electrons. The Morgan fingerprint density at radius 1 is 0.862 bits per heavy atom. The van der Waals surface area contributed by atoms with Crippen LogP contribution in [0.15, 0.2) is 91.0 Å². The van der Waals surface area contributed by atoms with Crippen LogP contribution < -0.4 is 21.2 Å². The number of nitrogens with one attached hydrogen (secondary N) is 1. The van der Waals surface area contributed by atoms with Gasteiger partial charge < -0.3 is 10.1 Å². The van der Waals surface area contributed by atoms with Gasteiger partial charge in [-0.15, -0.1) is 0 Å². The Morgan fingerprint density at radius 3 is 1.69 bits per heavy atom. The van der Waals surface area contributed by atoms with Crippen molar-refractivity contribution >= 4 is 46.1 Å². The third kappa shape index (κ3) is 4.07. The Kier molecular flexibility index (Phi) is 5.98. The van der Waals surface area contributed by atoms with Crippen molar-refractivity contribution in [1.82, 2.24) is 5.32 Å². The highest BCUT2D eigenvalue weighted by Gasteiger charge is 2.47. The summed E-state index contributed by atoms with van der Waals surface area (Å²) < 4.78 is 5.89. The molecule has 1 aliphatic rings. The van der Waals surface area contributed by atoms with Crippen molar-refractivity contribution in [3.8, 4) is 0 Å². The smallest absolute Gasteiger partial charge is 0.332 e. The minimum Gasteiger partial charge on any atom is -0.427 e. The molecule has 146 valence electrons. The maximum absolute atomic E-state index is 12.7. The minimum absolute atomic E-state index is 0.179. The second-order valence-electron chi connectivity index (χ2n) is 6.70. The number of amides is 1. The molecule has 1 aliphatic heterocycles. The average molecular weight is 422 g/mol. The van der Waals surface area contributed by atoms with Gasteiger partial charge in [0.1, 0.15) is 22.0 Å². The van der Waals surface area contributed by atoms with E-state index < -0.39 is 13.3 Å². The third-order valence-electron chi connectivity index (χ3n) is 4.95. The normalized spacial score (nSPS) is 16.3. The van der Waals surface area contributed by atoms with E-state index in [9.17, 15) is 9.59 Å². The summed E-state index contributed by atoms with van der Waals surface area (Å²) in [5.74, 6) is 0.0287. The van der Waals surface area contributed by atoms with Gasteiger partial charge in [-0.3, -0.25) is 4.79 Å². The number of thioether (sulfide) groups is 1. The molecule has 1 heterocycles. The van der Waals surface area contributed by atoms with Gasteiger partial charge in [0.15, 0.2) is 7.26 Å². The van der Waals surface area contributed by atoms with Gasteiger partial charge in [-0.2, -0.15) is 0 Å². The number of carbonyl (C=O) groups is 2. The fourth-order valence-corrected chi connectivity index (χ4v) is 7.96. The van der Waals surface area contributed by atoms with E-state index in [-0.39, 0.29) is 17.6 Å². The molecule has 1 N–H and O–H groups in total. The van der Waals surface area contributed by atoms with Crippen LogP contribution in [0.3, 0.4) is 0 Å². The van der Waals surface area contributed by atoms with Gasteiger partial charge in [0, 0.05) is 5.75 Å². The van der Waals surface area contributed by atoms with Crippen molar-refractivity contribution in [1.29, 1.82) is 0 Å². The Balaban J connectivity index is 1.77. The largest absolute Gasteiger partial charge is 0.427 e. The highest BCUT2D eigenvalue weighted by Crippen LogP contribution is 2.55. The highest BCUT2D eigenvalue weighted by molar-refractivity contribution is 8.14. The standard InChI is InChI=1S/C23H20NO3PS/c25-22(21-16-29-23(26)24-21)27-17-28(18-10-4-1-5-11-18,19-12-6-2-7-13-19)20-14-8-3-9-15-20/h1-15,21H,16-17H2/p+1/t21-/m0/s1. The van der Waals surface area contributed by atoms with Crippen molar-refractivity contribution in [3.05, 3.63) is 91.0 Å². The van der Waals surface area contributed by atoms with Crippen LogP contribution in [0.25, 0.3) is 0 Å². The van der Waals surface area contributed by atoms with E-state index in [1.165, 1.54) is 0 Å². The zero-order valence-corrected chi connectivity index (χ0v) is 17.4. The molecule has 1 amide bonds. The van der Waals surface area contributed by atoms with E-state index >= 15 is 0 Å². The molecule has 0 saturated carbocycles. The lowest BCUT2D eigenvalue weighted by Gasteiger charge is -2.27. The molecule has 0 bridgehead atoms. The van der Waals surface area contributed by atoms with Crippen LogP contribution in [0.5, 0.6) is 0 Å². The van der Waals surface area contributed by atoms with Crippen molar-refractivity contribution in [2.45, 2.75) is 6.04 Å². The second kappa shape index (κ2) is 8.81. The summed E-state index contributed by atoms with van der Waals surface area (Å²) in [6.45, 7) is 0. The van der Waals surface area contributed by atoms with E-state index in [1.54, 1.807) is 0 Å². The summed E-state index contributed by atoms with van der Waals surface area (Å²) in [5, 5.41) is 5.94. The summed E-state index contributed by atoms with van der Waals surface area (Å²) in [7, 11) is -2.23. The lowest BCUT2D eigenvalue weighted by molar-refractivity contribution is -0.142. The van der Waals surface area contributed by atoms with Gasteiger partial charge in [0.05, 0.1) is 0 Å². The summed E-state index contributed by atoms with van der Waals surface area (Å²) in [6.07, 6.45) is 0.251. The van der Waals surface area contributed by atoms with E-state index in [0.29, 0.717) is 5.75 Å². The molecule has 4 nitrogen and oxygen atoms in total. The van der Waals surface area contributed by atoms with E-state index in [2.05, 4.69) is 41.7 Å². The van der Waals surface area contributed by atoms with Gasteiger partial charge in [-0.05, 0) is 36.4 Å². The van der Waals surface area contributed by atoms with Crippen LogP contribution >= 0.6 is 19.0 Å². The molecule has 3 aromatic carbocycles. The molecule has 0 unspecified atom stereocenters. The first-order valence-corrected chi connectivity index (χ1v) is 12.3. The lowest BCUT2D eigenvalue weighted by Crippen LogP contribution is -2.39. The van der Waals surface area contributed by atoms with Gasteiger partial charge >= 0.3 is 5.97 Å². The molecule has 6 heteroatoms. The van der Waals surface area contributed by atoms with Crippen molar-refractivity contribution in [2.75, 3.05) is 12.1 Å². The third-order valence-corrected chi connectivity index (χ3v) is 9.88. The molecule has 4 rings (SSSR count). The van der Waals surface area contributed by atoms with E-state index in [1.807, 2.05) is 54.6 Å². The van der Waals surface area contributed by atoms with Gasteiger partial charge in [0.25, 0.3) is 5.24 Å². The molecule has 29 heavy (non-hydrogen) atoms. The Bertz CT molecular complexity index is 886. The van der Waals surface area contributed by atoms with Crippen LogP contribution in [0, 0.1) is 0 Å². The van der Waals surface area contributed by atoms with E-state index in [0.717, 1.165) is 27.7 Å². The number of hydrogen-bond donors (Lipinski definition) is 1. The van der Waals surface area contributed by atoms with Crippen LogP contribution in [0.4, 0.5) is 4.79 Å². The summed E-state index contributed by atoms with van der Waals surface area (Å²) in [6, 6.07) is 30.1. The summed E-state index contributed by atoms with van der Waals surface area (Å²) >= 11 is 1.11. The van der Waals surface area contributed by atoms with Gasteiger partial charge in [-0.25, -0.2) is 4.79 Å².